The summed E-state index contributed by atoms with van der Waals surface area (Å²) in [6.45, 7) is 0. The number of hydrogen-bond acceptors (Lipinski definition) is 3. The molecule has 152 valence electrons. The van der Waals surface area contributed by atoms with Gasteiger partial charge in [0.2, 0.25) is 11.8 Å². The van der Waals surface area contributed by atoms with E-state index in [9.17, 15) is 22.8 Å². The summed E-state index contributed by atoms with van der Waals surface area (Å²) in [7, 11) is 0. The fourth-order valence-electron chi connectivity index (χ4n) is 4.11. The molecule has 0 fully saturated rings. The van der Waals surface area contributed by atoms with Crippen molar-refractivity contribution in [1.29, 1.82) is 0 Å². The number of fused-ring (bicyclic) bond motifs is 4. The van der Waals surface area contributed by atoms with E-state index in [1.807, 2.05) is 0 Å². The molecule has 0 aliphatic carbocycles. The van der Waals surface area contributed by atoms with Crippen molar-refractivity contribution >= 4 is 34.9 Å². The number of hydrogen-bond donors (Lipinski definition) is 2. The molecule has 3 heterocycles. The van der Waals surface area contributed by atoms with Gasteiger partial charge in [-0.2, -0.15) is 18.3 Å². The molecule has 3 aromatic rings. The van der Waals surface area contributed by atoms with E-state index < -0.39 is 29.0 Å². The highest BCUT2D eigenvalue weighted by atomic mass is 35.5. The van der Waals surface area contributed by atoms with Crippen LogP contribution in [0.2, 0.25) is 5.02 Å². The van der Waals surface area contributed by atoms with E-state index >= 15 is 0 Å². The maximum Gasteiger partial charge on any atom is 0.416 e. The van der Waals surface area contributed by atoms with Gasteiger partial charge in [0.25, 0.3) is 0 Å². The number of rotatable bonds is 1. The number of anilines is 2. The molecule has 10 heteroatoms. The second-order valence-electron chi connectivity index (χ2n) is 7.11. The normalized spacial score (nSPS) is 20.0. The van der Waals surface area contributed by atoms with Crippen LogP contribution in [0.1, 0.15) is 23.1 Å². The number of halogens is 4. The minimum Gasteiger partial charge on any atom is -0.325 e. The van der Waals surface area contributed by atoms with Crippen molar-refractivity contribution in [3.63, 3.8) is 0 Å². The second-order valence-corrected chi connectivity index (χ2v) is 7.52. The van der Waals surface area contributed by atoms with Gasteiger partial charge < -0.3 is 10.6 Å². The van der Waals surface area contributed by atoms with Crippen LogP contribution >= 0.6 is 11.6 Å². The van der Waals surface area contributed by atoms with Crippen molar-refractivity contribution < 1.29 is 22.8 Å². The SMILES string of the molecule is O=C1C[C@]2(C(=O)Nc3cccc(Cl)c32)c2cnn(-c3ccc(C(F)(F)F)cc3)c2N1. The maximum absolute atomic E-state index is 13.1. The van der Waals surface area contributed by atoms with Gasteiger partial charge in [0.15, 0.2) is 0 Å². The zero-order valence-electron chi connectivity index (χ0n) is 15.0. The Morgan fingerprint density at radius 2 is 1.80 bits per heavy atom. The summed E-state index contributed by atoms with van der Waals surface area (Å²) in [6, 6.07) is 9.38. The zero-order chi connectivity index (χ0) is 21.3. The molecule has 30 heavy (non-hydrogen) atoms. The van der Waals surface area contributed by atoms with Crippen LogP contribution in [-0.4, -0.2) is 21.6 Å². The Hall–Kier alpha value is -3.33. The van der Waals surface area contributed by atoms with Crippen molar-refractivity contribution in [2.24, 2.45) is 0 Å². The van der Waals surface area contributed by atoms with Crippen LogP contribution in [-0.2, 0) is 21.2 Å². The van der Waals surface area contributed by atoms with Crippen LogP contribution in [0.3, 0.4) is 0 Å². The van der Waals surface area contributed by atoms with Crippen molar-refractivity contribution in [2.45, 2.75) is 18.0 Å². The third kappa shape index (κ3) is 2.48. The van der Waals surface area contributed by atoms with Gasteiger partial charge in [-0.3, -0.25) is 9.59 Å². The molecule has 0 bridgehead atoms. The van der Waals surface area contributed by atoms with Crippen molar-refractivity contribution in [2.75, 3.05) is 10.6 Å². The summed E-state index contributed by atoms with van der Waals surface area (Å²) >= 11 is 6.40. The Morgan fingerprint density at radius 1 is 1.07 bits per heavy atom. The molecule has 5 rings (SSSR count). The average Bonchev–Trinajstić information content (AvgIpc) is 3.22. The van der Waals surface area contributed by atoms with Gasteiger partial charge in [0.1, 0.15) is 11.2 Å². The van der Waals surface area contributed by atoms with Crippen molar-refractivity contribution in [3.8, 4) is 5.69 Å². The fraction of sp³-hybridized carbons (Fsp3) is 0.150. The van der Waals surface area contributed by atoms with E-state index in [1.165, 1.54) is 23.0 Å². The Balaban J connectivity index is 1.69. The number of amides is 2. The molecular formula is C20H12ClF3N4O2. The summed E-state index contributed by atoms with van der Waals surface area (Å²) in [5.74, 6) is -0.623. The predicted molar refractivity (Wildman–Crippen MR) is 103 cm³/mol. The lowest BCUT2D eigenvalue weighted by molar-refractivity contribution is -0.137. The third-order valence-electron chi connectivity index (χ3n) is 5.43. The van der Waals surface area contributed by atoms with E-state index in [4.69, 9.17) is 11.6 Å². The summed E-state index contributed by atoms with van der Waals surface area (Å²) in [4.78, 5) is 25.7. The van der Waals surface area contributed by atoms with E-state index in [0.29, 0.717) is 27.5 Å². The number of aromatic nitrogens is 2. The van der Waals surface area contributed by atoms with Gasteiger partial charge in [-0.05, 0) is 36.4 Å². The first-order chi connectivity index (χ1) is 14.2. The molecule has 2 aliphatic rings. The molecule has 2 aliphatic heterocycles. The number of benzene rings is 2. The van der Waals surface area contributed by atoms with E-state index in [1.54, 1.807) is 18.2 Å². The Kier molecular flexibility index (Phi) is 3.79. The van der Waals surface area contributed by atoms with Crippen LogP contribution < -0.4 is 10.6 Å². The fourth-order valence-corrected chi connectivity index (χ4v) is 4.45. The highest BCUT2D eigenvalue weighted by molar-refractivity contribution is 6.33. The van der Waals surface area contributed by atoms with Crippen LogP contribution in [0, 0.1) is 0 Å². The minimum atomic E-state index is -4.47. The molecule has 0 saturated carbocycles. The molecule has 0 saturated heterocycles. The molecule has 2 N–H and O–H groups in total. The lowest BCUT2D eigenvalue weighted by atomic mass is 9.72. The van der Waals surface area contributed by atoms with Gasteiger partial charge in [-0.15, -0.1) is 0 Å². The van der Waals surface area contributed by atoms with Crippen LogP contribution in [0.25, 0.3) is 5.69 Å². The number of alkyl halides is 3. The van der Waals surface area contributed by atoms with Gasteiger partial charge in [-0.1, -0.05) is 17.7 Å². The molecule has 1 atom stereocenters. The van der Waals surface area contributed by atoms with Gasteiger partial charge in [0.05, 0.1) is 17.4 Å². The summed E-state index contributed by atoms with van der Waals surface area (Å²) in [5.41, 5.74) is -0.445. The number of nitrogens with zero attached hydrogens (tertiary/aromatic N) is 2. The number of carbonyl (C=O) groups excluding carboxylic acids is 2. The third-order valence-corrected chi connectivity index (χ3v) is 5.74. The standard InChI is InChI=1S/C20H12ClF3N4O2/c21-13-2-1-3-14-16(13)19(18(30)26-14)8-15(29)27-17-12(19)9-25-28(17)11-6-4-10(5-7-11)20(22,23)24/h1-7,9H,8H2,(H,26,30)(H,27,29)/t19-/m0/s1. The van der Waals surface area contributed by atoms with Crippen LogP contribution in [0.5, 0.6) is 0 Å². The molecule has 2 aromatic carbocycles. The first-order valence-corrected chi connectivity index (χ1v) is 9.26. The summed E-state index contributed by atoms with van der Waals surface area (Å²) < 4.78 is 39.9. The lowest BCUT2D eigenvalue weighted by Gasteiger charge is -2.32. The molecule has 6 nitrogen and oxygen atoms in total. The second kappa shape index (κ2) is 6.09. The highest BCUT2D eigenvalue weighted by Gasteiger charge is 2.55. The predicted octanol–water partition coefficient (Wildman–Crippen LogP) is 4.12. The van der Waals surface area contributed by atoms with Gasteiger partial charge in [0, 0.05) is 28.3 Å². The van der Waals surface area contributed by atoms with E-state index in [2.05, 4.69) is 15.7 Å². The zero-order valence-corrected chi connectivity index (χ0v) is 15.8. The molecule has 0 unspecified atom stereocenters. The van der Waals surface area contributed by atoms with Crippen molar-refractivity contribution in [1.82, 2.24) is 9.78 Å². The molecule has 1 aromatic heterocycles. The molecule has 2 amide bonds. The van der Waals surface area contributed by atoms with Gasteiger partial charge >= 0.3 is 6.18 Å². The Morgan fingerprint density at radius 3 is 2.50 bits per heavy atom. The molecule has 1 spiro atoms. The first kappa shape index (κ1) is 18.7. The molecule has 0 radical (unpaired) electrons. The van der Waals surface area contributed by atoms with E-state index in [-0.39, 0.29) is 12.2 Å². The topological polar surface area (TPSA) is 76.0 Å². The van der Waals surface area contributed by atoms with Gasteiger partial charge in [-0.25, -0.2) is 4.68 Å². The van der Waals surface area contributed by atoms with Crippen LogP contribution in [0.15, 0.2) is 48.7 Å². The highest BCUT2D eigenvalue weighted by Crippen LogP contribution is 2.52. The Labute approximate surface area is 172 Å². The summed E-state index contributed by atoms with van der Waals surface area (Å²) in [5, 5.41) is 10.0. The van der Waals surface area contributed by atoms with Crippen molar-refractivity contribution in [3.05, 3.63) is 70.4 Å². The summed E-state index contributed by atoms with van der Waals surface area (Å²) in [6.07, 6.45) is -3.20. The minimum absolute atomic E-state index is 0.165. The smallest absolute Gasteiger partial charge is 0.325 e. The quantitative estimate of drug-likeness (QED) is 0.607. The first-order valence-electron chi connectivity index (χ1n) is 8.88. The number of nitrogens with one attached hydrogen (secondary N) is 2. The maximum atomic E-state index is 13.1. The number of carbonyl (C=O) groups is 2. The lowest BCUT2D eigenvalue weighted by Crippen LogP contribution is -2.43. The van der Waals surface area contributed by atoms with Crippen LogP contribution in [0.4, 0.5) is 24.7 Å². The molecular weight excluding hydrogens is 421 g/mol. The average molecular weight is 433 g/mol. The Bertz CT molecular complexity index is 1220. The largest absolute Gasteiger partial charge is 0.416 e. The van der Waals surface area contributed by atoms with E-state index in [0.717, 1.165) is 12.1 Å². The monoisotopic (exact) mass is 432 g/mol.